The minimum atomic E-state index is -4.57. The van der Waals surface area contributed by atoms with E-state index in [2.05, 4.69) is 5.32 Å². The molecule has 10 heteroatoms. The van der Waals surface area contributed by atoms with Gasteiger partial charge in [-0.05, 0) is 43.4 Å². The summed E-state index contributed by atoms with van der Waals surface area (Å²) < 4.78 is 43.5. The van der Waals surface area contributed by atoms with Crippen LogP contribution in [0.4, 0.5) is 18.9 Å². The molecule has 33 heavy (non-hydrogen) atoms. The van der Waals surface area contributed by atoms with Crippen molar-refractivity contribution in [3.8, 4) is 0 Å². The van der Waals surface area contributed by atoms with Crippen LogP contribution in [-0.4, -0.2) is 41.2 Å². The number of benzene rings is 1. The molecule has 0 bridgehead atoms. The number of amides is 3. The fourth-order valence-electron chi connectivity index (χ4n) is 4.09. The molecule has 3 atom stereocenters. The van der Waals surface area contributed by atoms with Crippen LogP contribution in [0, 0.1) is 17.8 Å². The van der Waals surface area contributed by atoms with Crippen molar-refractivity contribution < 1.29 is 37.1 Å². The Hall–Kier alpha value is -3.17. The number of nitrogens with one attached hydrogen (secondary N) is 1. The van der Waals surface area contributed by atoms with E-state index in [0.717, 1.165) is 23.1 Å². The lowest BCUT2D eigenvalue weighted by Crippen LogP contribution is -2.47. The number of ether oxygens (including phenoxy) is 1. The number of alkyl halides is 3. The maximum Gasteiger partial charge on any atom is 0.416 e. The van der Waals surface area contributed by atoms with Gasteiger partial charge in [-0.25, -0.2) is 4.79 Å². The quantitative estimate of drug-likeness (QED) is 0.377. The number of carbonyl (C=O) groups is 4. The lowest BCUT2D eigenvalue weighted by atomic mass is 9.85. The van der Waals surface area contributed by atoms with Gasteiger partial charge in [0.2, 0.25) is 11.8 Å². The number of likely N-dealkylation sites (tertiary alicyclic amines) is 1. The first-order chi connectivity index (χ1) is 15.5. The van der Waals surface area contributed by atoms with E-state index in [1.165, 1.54) is 6.07 Å². The van der Waals surface area contributed by atoms with Gasteiger partial charge in [-0.2, -0.15) is 13.2 Å². The largest absolute Gasteiger partial charge is 0.454 e. The number of allylic oxidation sites excluding steroid dienone is 2. The van der Waals surface area contributed by atoms with Crippen LogP contribution in [0.3, 0.4) is 0 Å². The van der Waals surface area contributed by atoms with Crippen molar-refractivity contribution in [2.75, 3.05) is 11.9 Å². The van der Waals surface area contributed by atoms with Gasteiger partial charge in [0.15, 0.2) is 6.61 Å². The zero-order valence-corrected chi connectivity index (χ0v) is 18.2. The minimum absolute atomic E-state index is 0.0529. The maximum atomic E-state index is 12.9. The smallest absolute Gasteiger partial charge is 0.416 e. The SMILES string of the molecule is CC(C)C[C@H](C(=O)OCC(=O)Nc1cccc(C(F)(F)F)c1)N1C(=O)[C@H]2CC=CC[C@H]2C1=O. The summed E-state index contributed by atoms with van der Waals surface area (Å²) in [5.74, 6) is -3.67. The summed E-state index contributed by atoms with van der Waals surface area (Å²) in [6, 6.07) is 2.87. The van der Waals surface area contributed by atoms with Crippen molar-refractivity contribution in [3.05, 3.63) is 42.0 Å². The van der Waals surface area contributed by atoms with Gasteiger partial charge in [-0.15, -0.1) is 0 Å². The number of hydrogen-bond donors (Lipinski definition) is 1. The molecule has 3 rings (SSSR count). The Morgan fingerprint density at radius 2 is 1.73 bits per heavy atom. The summed E-state index contributed by atoms with van der Waals surface area (Å²) in [6.45, 7) is 2.87. The molecule has 1 aliphatic carbocycles. The predicted octanol–water partition coefficient (Wildman–Crippen LogP) is 3.55. The molecule has 1 heterocycles. The van der Waals surface area contributed by atoms with Crippen LogP contribution in [0.2, 0.25) is 0 Å². The first-order valence-electron chi connectivity index (χ1n) is 10.6. The van der Waals surface area contributed by atoms with Gasteiger partial charge in [-0.3, -0.25) is 19.3 Å². The molecule has 0 saturated carbocycles. The van der Waals surface area contributed by atoms with Crippen LogP contribution in [-0.2, 0) is 30.1 Å². The van der Waals surface area contributed by atoms with E-state index in [-0.39, 0.29) is 18.0 Å². The molecule has 7 nitrogen and oxygen atoms in total. The Labute approximate surface area is 189 Å². The van der Waals surface area contributed by atoms with Crippen LogP contribution >= 0.6 is 0 Å². The Morgan fingerprint density at radius 1 is 1.12 bits per heavy atom. The first-order valence-corrected chi connectivity index (χ1v) is 10.6. The standard InChI is InChI=1S/C23H25F3N2O5/c1-13(2)10-18(28-20(30)16-8-3-4-9-17(16)21(28)31)22(32)33-12-19(29)27-15-7-5-6-14(11-15)23(24,25)26/h3-7,11,13,16-18H,8-10,12H2,1-2H3,(H,27,29)/t16-,17+,18-/m1/s1. The van der Waals surface area contributed by atoms with Crippen molar-refractivity contribution in [2.45, 2.75) is 45.3 Å². The Kier molecular flexibility index (Phi) is 7.24. The minimum Gasteiger partial charge on any atom is -0.454 e. The van der Waals surface area contributed by atoms with Crippen molar-refractivity contribution in [3.63, 3.8) is 0 Å². The topological polar surface area (TPSA) is 92.8 Å². The Morgan fingerprint density at radius 3 is 2.27 bits per heavy atom. The molecule has 178 valence electrons. The lowest BCUT2D eigenvalue weighted by Gasteiger charge is -2.26. The van der Waals surface area contributed by atoms with Crippen LogP contribution in [0.15, 0.2) is 36.4 Å². The van der Waals surface area contributed by atoms with Crippen molar-refractivity contribution in [2.24, 2.45) is 17.8 Å². The van der Waals surface area contributed by atoms with Gasteiger partial charge < -0.3 is 10.1 Å². The highest BCUT2D eigenvalue weighted by atomic mass is 19.4. The number of imide groups is 1. The van der Waals surface area contributed by atoms with E-state index in [9.17, 15) is 32.3 Å². The number of rotatable bonds is 7. The van der Waals surface area contributed by atoms with E-state index in [4.69, 9.17) is 4.74 Å². The first kappa shape index (κ1) is 24.5. The van der Waals surface area contributed by atoms with Crippen molar-refractivity contribution in [1.29, 1.82) is 0 Å². The number of anilines is 1. The summed E-state index contributed by atoms with van der Waals surface area (Å²) in [6.07, 6.45) is 0.119. The molecule has 1 saturated heterocycles. The number of nitrogens with zero attached hydrogens (tertiary/aromatic N) is 1. The molecule has 0 aromatic heterocycles. The highest BCUT2D eigenvalue weighted by Crippen LogP contribution is 2.37. The second-order valence-electron chi connectivity index (χ2n) is 8.58. The van der Waals surface area contributed by atoms with E-state index in [1.807, 2.05) is 26.0 Å². The van der Waals surface area contributed by atoms with Gasteiger partial charge in [0.25, 0.3) is 5.91 Å². The van der Waals surface area contributed by atoms with Crippen LogP contribution in [0.1, 0.15) is 38.7 Å². The van der Waals surface area contributed by atoms with Crippen LogP contribution in [0.25, 0.3) is 0 Å². The number of fused-ring (bicyclic) bond motifs is 1. The highest BCUT2D eigenvalue weighted by Gasteiger charge is 2.51. The number of hydrogen-bond acceptors (Lipinski definition) is 5. The van der Waals surface area contributed by atoms with E-state index in [1.54, 1.807) is 0 Å². The van der Waals surface area contributed by atoms with Crippen LogP contribution < -0.4 is 5.32 Å². The summed E-state index contributed by atoms with van der Waals surface area (Å²) in [4.78, 5) is 51.6. The molecule has 2 aliphatic rings. The van der Waals surface area contributed by atoms with Crippen LogP contribution in [0.5, 0.6) is 0 Å². The average molecular weight is 466 g/mol. The molecule has 0 spiro atoms. The molecule has 1 N–H and O–H groups in total. The van der Waals surface area contributed by atoms with E-state index in [0.29, 0.717) is 12.8 Å². The molecule has 0 unspecified atom stereocenters. The molecule has 1 aromatic rings. The van der Waals surface area contributed by atoms with Gasteiger partial charge in [0.05, 0.1) is 17.4 Å². The number of carbonyl (C=O) groups excluding carboxylic acids is 4. The third-order valence-corrected chi connectivity index (χ3v) is 5.64. The van der Waals surface area contributed by atoms with Gasteiger partial charge in [-0.1, -0.05) is 32.1 Å². The summed E-state index contributed by atoms with van der Waals surface area (Å²) in [5.41, 5.74) is -1.04. The molecule has 1 aliphatic heterocycles. The third kappa shape index (κ3) is 5.61. The second kappa shape index (κ2) is 9.76. The summed E-state index contributed by atoms with van der Waals surface area (Å²) in [5, 5.41) is 2.25. The highest BCUT2D eigenvalue weighted by molar-refractivity contribution is 6.08. The Balaban J connectivity index is 1.66. The third-order valence-electron chi connectivity index (χ3n) is 5.64. The Bertz CT molecular complexity index is 947. The van der Waals surface area contributed by atoms with Crippen molar-refractivity contribution in [1.82, 2.24) is 4.90 Å². The zero-order chi connectivity index (χ0) is 24.3. The normalized spacial score (nSPS) is 21.2. The van der Waals surface area contributed by atoms with E-state index < -0.39 is 59.9 Å². The fourth-order valence-corrected chi connectivity index (χ4v) is 4.09. The molecule has 3 amide bonds. The molecule has 1 fully saturated rings. The number of esters is 1. The van der Waals surface area contributed by atoms with Gasteiger partial charge in [0.1, 0.15) is 6.04 Å². The molecular formula is C23H25F3N2O5. The molecule has 1 aromatic carbocycles. The van der Waals surface area contributed by atoms with Gasteiger partial charge in [0, 0.05) is 5.69 Å². The fraction of sp³-hybridized carbons (Fsp3) is 0.478. The van der Waals surface area contributed by atoms with E-state index >= 15 is 0 Å². The predicted molar refractivity (Wildman–Crippen MR) is 111 cm³/mol. The lowest BCUT2D eigenvalue weighted by molar-refractivity contribution is -0.160. The zero-order valence-electron chi connectivity index (χ0n) is 18.2. The second-order valence-corrected chi connectivity index (χ2v) is 8.58. The monoisotopic (exact) mass is 466 g/mol. The molecule has 0 radical (unpaired) electrons. The molecular weight excluding hydrogens is 441 g/mol. The average Bonchev–Trinajstić information content (AvgIpc) is 3.00. The van der Waals surface area contributed by atoms with Crippen molar-refractivity contribution >= 4 is 29.4 Å². The van der Waals surface area contributed by atoms with Gasteiger partial charge >= 0.3 is 12.1 Å². The summed E-state index contributed by atoms with van der Waals surface area (Å²) >= 11 is 0. The maximum absolute atomic E-state index is 12.9. The number of halogens is 3. The summed E-state index contributed by atoms with van der Waals surface area (Å²) in [7, 11) is 0.